The van der Waals surface area contributed by atoms with Gasteiger partial charge in [-0.05, 0) is 20.3 Å². The lowest BCUT2D eigenvalue weighted by atomic mass is 10.2. The third-order valence-electron chi connectivity index (χ3n) is 2.94. The molecule has 6 nitrogen and oxygen atoms in total. The predicted octanol–water partition coefficient (Wildman–Crippen LogP) is 0.686. The van der Waals surface area contributed by atoms with Crippen LogP contribution in [0.4, 0.5) is 5.82 Å². The second-order valence-electron chi connectivity index (χ2n) is 4.10. The molecule has 0 bridgehead atoms. The normalized spacial score (nSPS) is 22.9. The van der Waals surface area contributed by atoms with Crippen LogP contribution in [0.5, 0.6) is 0 Å². The lowest BCUT2D eigenvalue weighted by Gasteiger charge is -2.01. The number of carboxylic acids is 1. The Balaban J connectivity index is 1.99. The Kier molecular flexibility index (Phi) is 2.41. The van der Waals surface area contributed by atoms with Crippen LogP contribution >= 0.6 is 0 Å². The summed E-state index contributed by atoms with van der Waals surface area (Å²) in [6, 6.07) is 0. The molecule has 6 heteroatoms. The van der Waals surface area contributed by atoms with E-state index >= 15 is 0 Å². The third-order valence-corrected chi connectivity index (χ3v) is 2.94. The monoisotopic (exact) mass is 223 g/mol. The van der Waals surface area contributed by atoms with Crippen LogP contribution in [0.2, 0.25) is 0 Å². The van der Waals surface area contributed by atoms with Gasteiger partial charge in [-0.15, -0.1) is 0 Å². The van der Waals surface area contributed by atoms with E-state index in [0.717, 1.165) is 11.3 Å². The number of H-pyrrole nitrogens is 1. The number of amides is 1. The maximum atomic E-state index is 11.6. The van der Waals surface area contributed by atoms with Crippen LogP contribution < -0.4 is 5.32 Å². The number of hydrogen-bond donors (Lipinski definition) is 3. The Labute approximate surface area is 92.0 Å². The van der Waals surface area contributed by atoms with E-state index in [2.05, 4.69) is 15.5 Å². The van der Waals surface area contributed by atoms with Gasteiger partial charge in [0.15, 0.2) is 5.82 Å². The van der Waals surface area contributed by atoms with Crippen LogP contribution in [0.25, 0.3) is 0 Å². The smallest absolute Gasteiger partial charge is 0.307 e. The number of hydrogen-bond acceptors (Lipinski definition) is 3. The molecule has 1 aromatic rings. The fraction of sp³-hybridized carbons (Fsp3) is 0.500. The molecule has 3 N–H and O–H groups in total. The molecule has 0 aromatic carbocycles. The minimum atomic E-state index is -0.907. The number of aryl methyl sites for hydroxylation is 1. The zero-order chi connectivity index (χ0) is 11.9. The molecule has 16 heavy (non-hydrogen) atoms. The molecule has 2 unspecified atom stereocenters. The van der Waals surface area contributed by atoms with Gasteiger partial charge in [0.2, 0.25) is 5.91 Å². The van der Waals surface area contributed by atoms with Crippen molar-refractivity contribution in [1.82, 2.24) is 10.2 Å². The topological polar surface area (TPSA) is 95.1 Å². The summed E-state index contributed by atoms with van der Waals surface area (Å²) in [5, 5.41) is 18.0. The lowest BCUT2D eigenvalue weighted by molar-refractivity contribution is -0.139. The first-order chi connectivity index (χ1) is 7.50. The molecule has 1 saturated carbocycles. The SMILES string of the molecule is Cc1[nH]nc(NC(=O)C2CC2C(=O)O)c1C. The maximum absolute atomic E-state index is 11.6. The van der Waals surface area contributed by atoms with Gasteiger partial charge in [-0.2, -0.15) is 5.10 Å². The molecule has 2 rings (SSSR count). The van der Waals surface area contributed by atoms with Crippen LogP contribution in [-0.2, 0) is 9.59 Å². The quantitative estimate of drug-likeness (QED) is 0.702. The molecule has 0 saturated heterocycles. The molecule has 0 radical (unpaired) electrons. The van der Waals surface area contributed by atoms with Gasteiger partial charge in [-0.25, -0.2) is 0 Å². The van der Waals surface area contributed by atoms with E-state index < -0.39 is 17.8 Å². The van der Waals surface area contributed by atoms with Crippen molar-refractivity contribution in [2.45, 2.75) is 20.3 Å². The van der Waals surface area contributed by atoms with Gasteiger partial charge < -0.3 is 10.4 Å². The van der Waals surface area contributed by atoms with Gasteiger partial charge in [-0.3, -0.25) is 14.7 Å². The molecule has 1 heterocycles. The van der Waals surface area contributed by atoms with E-state index in [-0.39, 0.29) is 5.91 Å². The van der Waals surface area contributed by atoms with Crippen molar-refractivity contribution in [2.75, 3.05) is 5.32 Å². The first-order valence-corrected chi connectivity index (χ1v) is 5.06. The molecule has 86 valence electrons. The van der Waals surface area contributed by atoms with Gasteiger partial charge >= 0.3 is 5.97 Å². The molecule has 1 aliphatic carbocycles. The Bertz CT molecular complexity index is 452. The number of carbonyl (C=O) groups is 2. The number of carboxylic acid groups (broad SMARTS) is 1. The Hall–Kier alpha value is -1.85. The molecule has 1 aliphatic rings. The first-order valence-electron chi connectivity index (χ1n) is 5.06. The highest BCUT2D eigenvalue weighted by Crippen LogP contribution is 2.39. The molecule has 0 aliphatic heterocycles. The van der Waals surface area contributed by atoms with Crippen molar-refractivity contribution in [3.8, 4) is 0 Å². The average Bonchev–Trinajstić information content (AvgIpc) is 2.97. The molecule has 0 spiro atoms. The van der Waals surface area contributed by atoms with Gasteiger partial charge in [-0.1, -0.05) is 0 Å². The summed E-state index contributed by atoms with van der Waals surface area (Å²) in [7, 11) is 0. The number of nitrogens with zero attached hydrogens (tertiary/aromatic N) is 1. The second kappa shape index (κ2) is 3.62. The van der Waals surface area contributed by atoms with Crippen LogP contribution in [0.3, 0.4) is 0 Å². The summed E-state index contributed by atoms with van der Waals surface area (Å²) in [5.41, 5.74) is 1.77. The number of rotatable bonds is 3. The number of carbonyl (C=O) groups excluding carboxylic acids is 1. The zero-order valence-electron chi connectivity index (χ0n) is 9.07. The van der Waals surface area contributed by atoms with Crippen molar-refractivity contribution in [3.63, 3.8) is 0 Å². The number of aliphatic carboxylic acids is 1. The average molecular weight is 223 g/mol. The van der Waals surface area contributed by atoms with Crippen molar-refractivity contribution < 1.29 is 14.7 Å². The van der Waals surface area contributed by atoms with E-state index in [1.807, 2.05) is 13.8 Å². The summed E-state index contributed by atoms with van der Waals surface area (Å²) < 4.78 is 0. The Morgan fingerprint density at radius 2 is 2.12 bits per heavy atom. The fourth-order valence-electron chi connectivity index (χ4n) is 1.57. The molecule has 2 atom stereocenters. The zero-order valence-corrected chi connectivity index (χ0v) is 9.07. The summed E-state index contributed by atoms with van der Waals surface area (Å²) in [5.74, 6) is -1.62. The highest BCUT2D eigenvalue weighted by Gasteiger charge is 2.48. The summed E-state index contributed by atoms with van der Waals surface area (Å²) in [6.45, 7) is 3.70. The summed E-state index contributed by atoms with van der Waals surface area (Å²) in [4.78, 5) is 22.2. The minimum Gasteiger partial charge on any atom is -0.481 e. The van der Waals surface area contributed by atoms with Crippen molar-refractivity contribution in [2.24, 2.45) is 11.8 Å². The number of aromatic nitrogens is 2. The van der Waals surface area contributed by atoms with E-state index in [9.17, 15) is 9.59 Å². The predicted molar refractivity (Wildman–Crippen MR) is 55.9 cm³/mol. The number of anilines is 1. The van der Waals surface area contributed by atoms with Crippen molar-refractivity contribution in [3.05, 3.63) is 11.3 Å². The highest BCUT2D eigenvalue weighted by atomic mass is 16.4. The van der Waals surface area contributed by atoms with Crippen LogP contribution in [0.15, 0.2) is 0 Å². The molecular weight excluding hydrogens is 210 g/mol. The lowest BCUT2D eigenvalue weighted by Crippen LogP contribution is -2.17. The standard InChI is InChI=1S/C10H13N3O3/c1-4-5(2)12-13-8(4)11-9(14)6-3-7(6)10(15)16/h6-7H,3H2,1-2H3,(H,15,16)(H2,11,12,13,14). The highest BCUT2D eigenvalue weighted by molar-refractivity contribution is 5.98. The van der Waals surface area contributed by atoms with Gasteiger partial charge in [0.25, 0.3) is 0 Å². The number of nitrogens with one attached hydrogen (secondary N) is 2. The first kappa shape index (κ1) is 10.7. The van der Waals surface area contributed by atoms with Gasteiger partial charge in [0, 0.05) is 11.3 Å². The number of aromatic amines is 1. The molecule has 1 aromatic heterocycles. The van der Waals surface area contributed by atoms with E-state index in [1.165, 1.54) is 0 Å². The fourth-order valence-corrected chi connectivity index (χ4v) is 1.57. The van der Waals surface area contributed by atoms with Gasteiger partial charge in [0.05, 0.1) is 11.8 Å². The van der Waals surface area contributed by atoms with Gasteiger partial charge in [0.1, 0.15) is 0 Å². The molecular formula is C10H13N3O3. The van der Waals surface area contributed by atoms with Crippen molar-refractivity contribution in [1.29, 1.82) is 0 Å². The van der Waals surface area contributed by atoms with E-state index in [0.29, 0.717) is 12.2 Å². The van der Waals surface area contributed by atoms with Crippen molar-refractivity contribution >= 4 is 17.7 Å². The maximum Gasteiger partial charge on any atom is 0.307 e. The third kappa shape index (κ3) is 1.78. The van der Waals surface area contributed by atoms with Crippen LogP contribution in [-0.4, -0.2) is 27.2 Å². The van der Waals surface area contributed by atoms with Crippen LogP contribution in [0, 0.1) is 25.7 Å². The summed E-state index contributed by atoms with van der Waals surface area (Å²) >= 11 is 0. The van der Waals surface area contributed by atoms with E-state index in [4.69, 9.17) is 5.11 Å². The molecule has 1 fully saturated rings. The summed E-state index contributed by atoms with van der Waals surface area (Å²) in [6.07, 6.45) is 0.420. The second-order valence-corrected chi connectivity index (χ2v) is 4.10. The Morgan fingerprint density at radius 3 is 2.56 bits per heavy atom. The molecule has 1 amide bonds. The minimum absolute atomic E-state index is 0.262. The van der Waals surface area contributed by atoms with E-state index in [1.54, 1.807) is 0 Å². The Morgan fingerprint density at radius 1 is 1.44 bits per heavy atom. The van der Waals surface area contributed by atoms with Crippen LogP contribution in [0.1, 0.15) is 17.7 Å². The largest absolute Gasteiger partial charge is 0.481 e.